The molecule has 5 atom stereocenters. The van der Waals surface area contributed by atoms with Gasteiger partial charge in [0.1, 0.15) is 0 Å². The number of esters is 1. The molecule has 0 bridgehead atoms. The molecule has 2 rings (SSSR count). The van der Waals surface area contributed by atoms with E-state index in [0.717, 1.165) is 38.5 Å². The van der Waals surface area contributed by atoms with Crippen LogP contribution < -0.4 is 0 Å². The third-order valence-electron chi connectivity index (χ3n) is 10.7. The van der Waals surface area contributed by atoms with E-state index in [0.29, 0.717) is 5.92 Å². The van der Waals surface area contributed by atoms with Crippen LogP contribution >= 0.6 is 11.6 Å². The second-order valence-corrected chi connectivity index (χ2v) is 26.2. The molecule has 1 fully saturated rings. The molecule has 0 heterocycles. The molecule has 0 aromatic heterocycles. The maximum absolute atomic E-state index is 11.4. The number of methoxy groups -OCH3 is 1. The first kappa shape index (κ1) is 39.3. The van der Waals surface area contributed by atoms with Crippen LogP contribution in [0.5, 0.6) is 0 Å². The van der Waals surface area contributed by atoms with Gasteiger partial charge in [-0.2, -0.15) is 0 Å². The Hall–Kier alpha value is -0.926. The standard InChI is InChI=1S/C37H65ClO4Si2/c1-13-14-17-21-32(41-43(9,10)36(2,3)4)28-23-25-29(26-24-28)35-30(20-18-15-16-19-22-34(39)40-8)31(38)27-33(35)42-44(11,12)37(5,6)7/h19,22-26,30-33,35H,13-18,20-21,27H2,1-12H3/t30-,31-,32?,33+,35+/m0/s1. The molecular weight excluding hydrogens is 600 g/mol. The molecule has 252 valence electrons. The Morgan fingerprint density at radius 1 is 0.955 bits per heavy atom. The number of carbonyl (C=O) groups excluding carboxylic acids is 1. The maximum atomic E-state index is 11.4. The largest absolute Gasteiger partial charge is 0.466 e. The summed E-state index contributed by atoms with van der Waals surface area (Å²) in [6, 6.07) is 9.37. The Bertz CT molecular complexity index is 1040. The van der Waals surface area contributed by atoms with Gasteiger partial charge in [-0.15, -0.1) is 11.6 Å². The number of carbonyl (C=O) groups is 1. The maximum Gasteiger partial charge on any atom is 0.330 e. The SMILES string of the molecule is CCCCCC(O[Si](C)(C)C(C)(C)C)c1ccc([C@@H]2[C@@H](CCCCC=CC(=O)OC)[C@@H](Cl)C[C@H]2O[Si](C)(C)C(C)(C)C)cc1. The average molecular weight is 666 g/mol. The van der Waals surface area contributed by atoms with Crippen molar-refractivity contribution in [2.75, 3.05) is 7.11 Å². The topological polar surface area (TPSA) is 44.8 Å². The van der Waals surface area contributed by atoms with Gasteiger partial charge in [0.05, 0.1) is 19.3 Å². The van der Waals surface area contributed by atoms with Crippen molar-refractivity contribution in [3.8, 4) is 0 Å². The Morgan fingerprint density at radius 2 is 1.57 bits per heavy atom. The van der Waals surface area contributed by atoms with E-state index in [-0.39, 0.29) is 39.5 Å². The van der Waals surface area contributed by atoms with Crippen molar-refractivity contribution in [2.24, 2.45) is 5.92 Å². The summed E-state index contributed by atoms with van der Waals surface area (Å²) >= 11 is 7.17. The van der Waals surface area contributed by atoms with Gasteiger partial charge in [0, 0.05) is 17.4 Å². The Balaban J connectivity index is 2.35. The summed E-state index contributed by atoms with van der Waals surface area (Å²) in [7, 11) is -2.50. The zero-order valence-electron chi connectivity index (χ0n) is 30.2. The van der Waals surface area contributed by atoms with Crippen LogP contribution in [0.25, 0.3) is 0 Å². The first-order valence-corrected chi connectivity index (χ1v) is 23.4. The van der Waals surface area contributed by atoms with E-state index in [4.69, 9.17) is 25.2 Å². The zero-order valence-corrected chi connectivity index (χ0v) is 33.0. The molecular formula is C37H65ClO4Si2. The number of hydrogen-bond donors (Lipinski definition) is 0. The molecule has 7 heteroatoms. The highest BCUT2D eigenvalue weighted by Gasteiger charge is 2.48. The van der Waals surface area contributed by atoms with Crippen molar-refractivity contribution in [3.05, 3.63) is 47.5 Å². The first-order valence-electron chi connectivity index (χ1n) is 17.2. The Morgan fingerprint density at radius 3 is 2.11 bits per heavy atom. The van der Waals surface area contributed by atoms with Crippen LogP contribution in [0, 0.1) is 5.92 Å². The van der Waals surface area contributed by atoms with Crippen LogP contribution in [0.2, 0.25) is 36.3 Å². The van der Waals surface area contributed by atoms with Gasteiger partial charge in [-0.05, 0) is 85.4 Å². The summed E-state index contributed by atoms with van der Waals surface area (Å²) < 4.78 is 18.9. The minimum absolute atomic E-state index is 0.0868. The summed E-state index contributed by atoms with van der Waals surface area (Å²) in [5, 5.41) is 0.398. The van der Waals surface area contributed by atoms with E-state index in [2.05, 4.69) is 98.9 Å². The van der Waals surface area contributed by atoms with Crippen LogP contribution in [0.15, 0.2) is 36.4 Å². The molecule has 1 aromatic carbocycles. The van der Waals surface area contributed by atoms with Gasteiger partial charge in [0.2, 0.25) is 0 Å². The van der Waals surface area contributed by atoms with Crippen molar-refractivity contribution in [1.29, 1.82) is 0 Å². The fourth-order valence-electron chi connectivity index (χ4n) is 5.77. The fraction of sp³-hybridized carbons (Fsp3) is 0.757. The lowest BCUT2D eigenvalue weighted by atomic mass is 9.83. The van der Waals surface area contributed by atoms with Crippen molar-refractivity contribution in [1.82, 2.24) is 0 Å². The van der Waals surface area contributed by atoms with Crippen LogP contribution in [-0.2, 0) is 18.4 Å². The third-order valence-corrected chi connectivity index (χ3v) is 20.1. The van der Waals surface area contributed by atoms with Crippen molar-refractivity contribution >= 4 is 34.2 Å². The second kappa shape index (κ2) is 16.8. The van der Waals surface area contributed by atoms with Crippen LogP contribution in [0.3, 0.4) is 0 Å². The predicted octanol–water partition coefficient (Wildman–Crippen LogP) is 11.7. The Kier molecular flexibility index (Phi) is 15.0. The summed E-state index contributed by atoms with van der Waals surface area (Å²) in [6.07, 6.45) is 13.3. The van der Waals surface area contributed by atoms with E-state index < -0.39 is 16.6 Å². The van der Waals surface area contributed by atoms with E-state index in [1.54, 1.807) is 0 Å². The lowest BCUT2D eigenvalue weighted by Gasteiger charge is -2.40. The van der Waals surface area contributed by atoms with E-state index >= 15 is 0 Å². The molecule has 0 radical (unpaired) electrons. The quantitative estimate of drug-likeness (QED) is 0.0580. The first-order chi connectivity index (χ1) is 20.3. The molecule has 1 aliphatic carbocycles. The molecule has 44 heavy (non-hydrogen) atoms. The molecule has 1 unspecified atom stereocenters. The normalized spacial score (nSPS) is 22.5. The number of rotatable bonds is 16. The minimum Gasteiger partial charge on any atom is -0.466 e. The third kappa shape index (κ3) is 11.1. The highest BCUT2D eigenvalue weighted by molar-refractivity contribution is 6.74. The monoisotopic (exact) mass is 664 g/mol. The molecule has 0 aliphatic heterocycles. The Labute approximate surface area is 278 Å². The lowest BCUT2D eigenvalue weighted by molar-refractivity contribution is -0.134. The summed E-state index contributed by atoms with van der Waals surface area (Å²) in [4.78, 5) is 11.4. The lowest BCUT2D eigenvalue weighted by Crippen LogP contribution is -2.44. The van der Waals surface area contributed by atoms with Gasteiger partial charge in [-0.1, -0.05) is 104 Å². The fourth-order valence-corrected chi connectivity index (χ4v) is 8.90. The average Bonchev–Trinajstić information content (AvgIpc) is 3.22. The number of ether oxygens (including phenoxy) is 1. The van der Waals surface area contributed by atoms with Crippen molar-refractivity contribution < 1.29 is 18.4 Å². The minimum atomic E-state index is -1.99. The molecule has 0 N–H and O–H groups in total. The number of benzene rings is 1. The number of alkyl halides is 1. The van der Waals surface area contributed by atoms with Gasteiger partial charge in [-0.25, -0.2) is 4.79 Å². The van der Waals surface area contributed by atoms with Crippen LogP contribution in [0.1, 0.15) is 129 Å². The number of halogens is 1. The van der Waals surface area contributed by atoms with Gasteiger partial charge in [0.25, 0.3) is 0 Å². The molecule has 1 aliphatic rings. The summed E-state index contributed by atoms with van der Waals surface area (Å²) in [5.74, 6) is 0.329. The van der Waals surface area contributed by atoms with E-state index in [9.17, 15) is 4.79 Å². The molecule has 0 saturated heterocycles. The van der Waals surface area contributed by atoms with E-state index in [1.165, 1.54) is 43.6 Å². The summed E-state index contributed by atoms with van der Waals surface area (Å²) in [6.45, 7) is 25.6. The second-order valence-electron chi connectivity index (χ2n) is 16.1. The number of hydrogen-bond acceptors (Lipinski definition) is 4. The molecule has 1 aromatic rings. The smallest absolute Gasteiger partial charge is 0.330 e. The van der Waals surface area contributed by atoms with Crippen molar-refractivity contribution in [3.63, 3.8) is 0 Å². The van der Waals surface area contributed by atoms with Crippen LogP contribution in [0.4, 0.5) is 0 Å². The summed E-state index contributed by atoms with van der Waals surface area (Å²) in [5.41, 5.74) is 2.64. The molecule has 0 spiro atoms. The van der Waals surface area contributed by atoms with Gasteiger partial charge in [-0.3, -0.25) is 0 Å². The molecule has 0 amide bonds. The van der Waals surface area contributed by atoms with Crippen molar-refractivity contribution in [2.45, 2.75) is 166 Å². The molecule has 1 saturated carbocycles. The van der Waals surface area contributed by atoms with Crippen LogP contribution in [-0.4, -0.2) is 41.2 Å². The van der Waals surface area contributed by atoms with Gasteiger partial charge >= 0.3 is 5.97 Å². The van der Waals surface area contributed by atoms with Gasteiger partial charge in [0.15, 0.2) is 16.6 Å². The highest BCUT2D eigenvalue weighted by atomic mass is 35.5. The predicted molar refractivity (Wildman–Crippen MR) is 194 cm³/mol. The highest BCUT2D eigenvalue weighted by Crippen LogP contribution is 2.50. The number of unbranched alkanes of at least 4 members (excludes halogenated alkanes) is 4. The van der Waals surface area contributed by atoms with E-state index in [1.807, 2.05) is 6.08 Å². The van der Waals surface area contributed by atoms with Gasteiger partial charge < -0.3 is 13.6 Å². The zero-order chi connectivity index (χ0) is 33.3. The molecule has 4 nitrogen and oxygen atoms in total. The number of allylic oxidation sites excluding steroid dienone is 1.